The lowest BCUT2D eigenvalue weighted by molar-refractivity contribution is 0.0813. The van der Waals surface area contributed by atoms with Crippen LogP contribution in [-0.4, -0.2) is 16.0 Å². The van der Waals surface area contributed by atoms with E-state index >= 15 is 0 Å². The van der Waals surface area contributed by atoms with Crippen molar-refractivity contribution in [3.63, 3.8) is 0 Å². The van der Waals surface area contributed by atoms with E-state index in [0.29, 0.717) is 12.5 Å². The Balaban J connectivity index is 3.53. The molecule has 0 aromatic heterocycles. The molecule has 0 rings (SSSR count). The average Bonchev–Trinajstić information content (AvgIpc) is 1.79. The standard InChI is InChI=1S/C7H12Cl4O/c1-5(2)4-12-6(8)3-7(9,10)11/h5-6H,3-4H2,1-2H3. The van der Waals surface area contributed by atoms with E-state index in [1.807, 2.05) is 13.8 Å². The van der Waals surface area contributed by atoms with Crippen LogP contribution in [0.25, 0.3) is 0 Å². The fraction of sp³-hybridized carbons (Fsp3) is 1.00. The summed E-state index contributed by atoms with van der Waals surface area (Å²) in [5, 5.41) is 0. The minimum absolute atomic E-state index is 0.200. The van der Waals surface area contributed by atoms with E-state index in [2.05, 4.69) is 0 Å². The van der Waals surface area contributed by atoms with Crippen LogP contribution < -0.4 is 0 Å². The van der Waals surface area contributed by atoms with Crippen molar-refractivity contribution in [2.75, 3.05) is 6.61 Å². The third kappa shape index (κ3) is 9.21. The van der Waals surface area contributed by atoms with Crippen molar-refractivity contribution in [3.8, 4) is 0 Å². The molecule has 0 saturated heterocycles. The van der Waals surface area contributed by atoms with Crippen LogP contribution in [0.5, 0.6) is 0 Å². The van der Waals surface area contributed by atoms with Crippen molar-refractivity contribution in [1.82, 2.24) is 0 Å². The summed E-state index contributed by atoms with van der Waals surface area (Å²) in [7, 11) is 0. The second kappa shape index (κ2) is 5.77. The van der Waals surface area contributed by atoms with Crippen molar-refractivity contribution >= 4 is 46.4 Å². The van der Waals surface area contributed by atoms with E-state index < -0.39 is 9.36 Å². The summed E-state index contributed by atoms with van der Waals surface area (Å²) in [6, 6.07) is 0. The molecule has 0 aliphatic rings. The highest BCUT2D eigenvalue weighted by molar-refractivity contribution is 6.67. The first-order chi connectivity index (χ1) is 5.31. The van der Waals surface area contributed by atoms with Gasteiger partial charge in [0.2, 0.25) is 0 Å². The van der Waals surface area contributed by atoms with Gasteiger partial charge in [0.05, 0.1) is 6.61 Å². The highest BCUT2D eigenvalue weighted by Crippen LogP contribution is 2.33. The Labute approximate surface area is 93.3 Å². The van der Waals surface area contributed by atoms with Gasteiger partial charge in [-0.1, -0.05) is 60.3 Å². The van der Waals surface area contributed by atoms with Gasteiger partial charge in [-0.25, -0.2) is 0 Å². The van der Waals surface area contributed by atoms with E-state index in [0.717, 1.165) is 0 Å². The van der Waals surface area contributed by atoms with Gasteiger partial charge in [-0.15, -0.1) is 0 Å². The second-order valence-corrected chi connectivity index (χ2v) is 5.96. The molecular weight excluding hydrogens is 242 g/mol. The van der Waals surface area contributed by atoms with Crippen LogP contribution in [0.4, 0.5) is 0 Å². The van der Waals surface area contributed by atoms with Gasteiger partial charge in [-0.3, -0.25) is 0 Å². The summed E-state index contributed by atoms with van der Waals surface area (Å²) >= 11 is 22.3. The van der Waals surface area contributed by atoms with Crippen molar-refractivity contribution < 1.29 is 4.74 Å². The Hall–Kier alpha value is 1.12. The summed E-state index contributed by atoms with van der Waals surface area (Å²) < 4.78 is 3.86. The number of ether oxygens (including phenoxy) is 1. The van der Waals surface area contributed by atoms with E-state index in [1.54, 1.807) is 0 Å². The van der Waals surface area contributed by atoms with Crippen molar-refractivity contribution in [2.24, 2.45) is 5.92 Å². The van der Waals surface area contributed by atoms with Crippen LogP contribution in [0.3, 0.4) is 0 Å². The fourth-order valence-electron chi connectivity index (χ4n) is 0.538. The van der Waals surface area contributed by atoms with Crippen LogP contribution in [0.1, 0.15) is 20.3 Å². The Kier molecular flexibility index (Phi) is 6.31. The highest BCUT2D eigenvalue weighted by atomic mass is 35.6. The molecule has 0 fully saturated rings. The molecule has 0 bridgehead atoms. The molecule has 12 heavy (non-hydrogen) atoms. The minimum atomic E-state index is -1.33. The Morgan fingerprint density at radius 2 is 1.75 bits per heavy atom. The molecular formula is C7H12Cl4O. The van der Waals surface area contributed by atoms with Crippen LogP contribution in [0, 0.1) is 5.92 Å². The van der Waals surface area contributed by atoms with Gasteiger partial charge >= 0.3 is 0 Å². The van der Waals surface area contributed by atoms with Gasteiger partial charge < -0.3 is 4.74 Å². The van der Waals surface area contributed by atoms with Gasteiger partial charge in [0.15, 0.2) is 3.79 Å². The SMILES string of the molecule is CC(C)COC(Cl)CC(Cl)(Cl)Cl. The summed E-state index contributed by atoms with van der Waals surface area (Å²) in [6.45, 7) is 4.63. The number of hydrogen-bond acceptors (Lipinski definition) is 1. The molecule has 0 aromatic rings. The first-order valence-electron chi connectivity index (χ1n) is 3.63. The lowest BCUT2D eigenvalue weighted by Crippen LogP contribution is -2.17. The van der Waals surface area contributed by atoms with Crippen LogP contribution >= 0.6 is 46.4 Å². The molecule has 0 heterocycles. The molecule has 74 valence electrons. The second-order valence-electron chi connectivity index (χ2n) is 2.96. The zero-order chi connectivity index (χ0) is 9.78. The van der Waals surface area contributed by atoms with E-state index in [-0.39, 0.29) is 6.42 Å². The molecule has 1 nitrogen and oxygen atoms in total. The summed E-state index contributed by atoms with van der Waals surface area (Å²) in [5.41, 5.74) is -0.528. The van der Waals surface area contributed by atoms with E-state index in [4.69, 9.17) is 51.1 Å². The molecule has 0 spiro atoms. The quantitative estimate of drug-likeness (QED) is 0.689. The summed E-state index contributed by atoms with van der Waals surface area (Å²) in [4.78, 5) is 0. The molecule has 0 aliphatic heterocycles. The van der Waals surface area contributed by atoms with Gasteiger partial charge in [-0.2, -0.15) is 0 Å². The number of halogens is 4. The largest absolute Gasteiger partial charge is 0.362 e. The maximum Gasteiger partial charge on any atom is 0.194 e. The van der Waals surface area contributed by atoms with Gasteiger partial charge in [0.25, 0.3) is 0 Å². The minimum Gasteiger partial charge on any atom is -0.362 e. The summed E-state index contributed by atoms with van der Waals surface area (Å²) in [6.07, 6.45) is 0.200. The molecule has 0 saturated carbocycles. The lowest BCUT2D eigenvalue weighted by Gasteiger charge is -2.17. The topological polar surface area (TPSA) is 9.23 Å². The van der Waals surface area contributed by atoms with Crippen molar-refractivity contribution in [1.29, 1.82) is 0 Å². The predicted octanol–water partition coefficient (Wildman–Crippen LogP) is 3.98. The zero-order valence-electron chi connectivity index (χ0n) is 6.99. The van der Waals surface area contributed by atoms with Crippen molar-refractivity contribution in [3.05, 3.63) is 0 Å². The third-order valence-corrected chi connectivity index (χ3v) is 1.75. The number of rotatable bonds is 4. The first kappa shape index (κ1) is 13.1. The lowest BCUT2D eigenvalue weighted by atomic mass is 10.2. The molecule has 1 unspecified atom stereocenters. The monoisotopic (exact) mass is 252 g/mol. The Bertz CT molecular complexity index is 121. The normalized spacial score (nSPS) is 15.2. The molecule has 0 N–H and O–H groups in total. The van der Waals surface area contributed by atoms with Crippen LogP contribution in [0.2, 0.25) is 0 Å². The first-order valence-corrected chi connectivity index (χ1v) is 5.20. The fourth-order valence-corrected chi connectivity index (χ4v) is 1.50. The van der Waals surface area contributed by atoms with E-state index in [9.17, 15) is 0 Å². The molecule has 5 heteroatoms. The van der Waals surface area contributed by atoms with Crippen LogP contribution in [0.15, 0.2) is 0 Å². The molecule has 0 amide bonds. The Morgan fingerprint density at radius 1 is 1.25 bits per heavy atom. The smallest absolute Gasteiger partial charge is 0.194 e. The predicted molar refractivity (Wildman–Crippen MR) is 55.3 cm³/mol. The van der Waals surface area contributed by atoms with Crippen LogP contribution in [-0.2, 0) is 4.74 Å². The van der Waals surface area contributed by atoms with Crippen molar-refractivity contribution in [2.45, 2.75) is 29.6 Å². The molecule has 0 radical (unpaired) electrons. The maximum atomic E-state index is 5.73. The maximum absolute atomic E-state index is 5.73. The van der Waals surface area contributed by atoms with E-state index in [1.165, 1.54) is 0 Å². The molecule has 0 aromatic carbocycles. The van der Waals surface area contributed by atoms with Gasteiger partial charge in [0.1, 0.15) is 5.56 Å². The number of alkyl halides is 4. The number of hydrogen-bond donors (Lipinski definition) is 0. The third-order valence-electron chi connectivity index (χ3n) is 1.00. The summed E-state index contributed by atoms with van der Waals surface area (Å²) in [5.74, 6) is 0.432. The highest BCUT2D eigenvalue weighted by Gasteiger charge is 2.24. The van der Waals surface area contributed by atoms with Gasteiger partial charge in [0, 0.05) is 6.42 Å². The average molecular weight is 254 g/mol. The molecule has 1 atom stereocenters. The Morgan fingerprint density at radius 3 is 2.08 bits per heavy atom. The zero-order valence-corrected chi connectivity index (χ0v) is 10.0. The van der Waals surface area contributed by atoms with Gasteiger partial charge in [-0.05, 0) is 5.92 Å². The molecule has 0 aliphatic carbocycles.